The predicted octanol–water partition coefficient (Wildman–Crippen LogP) is 3.83. The van der Waals surface area contributed by atoms with Crippen LogP contribution in [0, 0.1) is 11.8 Å². The SMILES string of the molecule is CC(CC(=O)Nc1ccc(OC(C)(C)C)cc1)C1CCCNC1. The summed E-state index contributed by atoms with van der Waals surface area (Å²) in [5.41, 5.74) is 0.610. The summed E-state index contributed by atoms with van der Waals surface area (Å²) in [5, 5.41) is 6.40. The summed E-state index contributed by atoms with van der Waals surface area (Å²) < 4.78 is 5.79. The van der Waals surface area contributed by atoms with Crippen LogP contribution in [0.5, 0.6) is 5.75 Å². The minimum absolute atomic E-state index is 0.0903. The van der Waals surface area contributed by atoms with Crippen LogP contribution in [0.15, 0.2) is 24.3 Å². The van der Waals surface area contributed by atoms with E-state index in [1.807, 2.05) is 45.0 Å². The van der Waals surface area contributed by atoms with Crippen LogP contribution in [0.2, 0.25) is 0 Å². The Bertz CT molecular complexity index is 499. The summed E-state index contributed by atoms with van der Waals surface area (Å²) in [6.07, 6.45) is 3.01. The molecule has 4 heteroatoms. The maximum Gasteiger partial charge on any atom is 0.224 e. The molecule has 2 unspecified atom stereocenters. The number of anilines is 1. The van der Waals surface area contributed by atoms with E-state index in [1.54, 1.807) is 0 Å². The van der Waals surface area contributed by atoms with Gasteiger partial charge in [-0.2, -0.15) is 0 Å². The van der Waals surface area contributed by atoms with E-state index >= 15 is 0 Å². The summed E-state index contributed by atoms with van der Waals surface area (Å²) >= 11 is 0. The minimum Gasteiger partial charge on any atom is -0.488 e. The highest BCUT2D eigenvalue weighted by atomic mass is 16.5. The lowest BCUT2D eigenvalue weighted by molar-refractivity contribution is -0.117. The molecule has 0 aromatic heterocycles. The van der Waals surface area contributed by atoms with Gasteiger partial charge in [0.15, 0.2) is 0 Å². The van der Waals surface area contributed by atoms with Gasteiger partial charge in [-0.1, -0.05) is 6.92 Å². The second kappa shape index (κ2) is 7.82. The normalized spacial score (nSPS) is 19.9. The predicted molar refractivity (Wildman–Crippen MR) is 94.8 cm³/mol. The van der Waals surface area contributed by atoms with Crippen molar-refractivity contribution >= 4 is 11.6 Å². The molecule has 0 radical (unpaired) electrons. The van der Waals surface area contributed by atoms with Gasteiger partial charge >= 0.3 is 0 Å². The maximum atomic E-state index is 12.2. The van der Waals surface area contributed by atoms with Gasteiger partial charge in [-0.15, -0.1) is 0 Å². The summed E-state index contributed by atoms with van der Waals surface area (Å²) in [6.45, 7) is 10.4. The zero-order valence-corrected chi connectivity index (χ0v) is 14.8. The van der Waals surface area contributed by atoms with Crippen molar-refractivity contribution in [2.45, 2.75) is 52.6 Å². The third kappa shape index (κ3) is 6.22. The molecule has 0 aliphatic carbocycles. The number of hydrogen-bond acceptors (Lipinski definition) is 3. The van der Waals surface area contributed by atoms with E-state index in [2.05, 4.69) is 17.6 Å². The molecule has 0 saturated carbocycles. The fourth-order valence-corrected chi connectivity index (χ4v) is 3.00. The molecule has 1 fully saturated rings. The lowest BCUT2D eigenvalue weighted by atomic mass is 9.85. The van der Waals surface area contributed by atoms with Crippen molar-refractivity contribution in [3.63, 3.8) is 0 Å². The van der Waals surface area contributed by atoms with Gasteiger partial charge in [-0.3, -0.25) is 4.79 Å². The first-order chi connectivity index (χ1) is 10.8. The number of rotatable bonds is 5. The van der Waals surface area contributed by atoms with E-state index in [4.69, 9.17) is 4.74 Å². The second-order valence-electron chi connectivity index (χ2n) is 7.57. The number of carbonyl (C=O) groups is 1. The Labute approximate surface area is 140 Å². The molecule has 1 saturated heterocycles. The van der Waals surface area contributed by atoms with Gasteiger partial charge < -0.3 is 15.4 Å². The molecule has 4 nitrogen and oxygen atoms in total. The second-order valence-corrected chi connectivity index (χ2v) is 7.57. The third-order valence-electron chi connectivity index (χ3n) is 4.21. The maximum absolute atomic E-state index is 12.2. The van der Waals surface area contributed by atoms with E-state index in [1.165, 1.54) is 12.8 Å². The number of hydrogen-bond donors (Lipinski definition) is 2. The van der Waals surface area contributed by atoms with Gasteiger partial charge in [-0.05, 0) is 82.8 Å². The Balaban J connectivity index is 1.82. The fourth-order valence-electron chi connectivity index (χ4n) is 3.00. The molecule has 0 spiro atoms. The van der Waals surface area contributed by atoms with Gasteiger partial charge in [0.2, 0.25) is 5.91 Å². The van der Waals surface area contributed by atoms with Gasteiger partial charge in [0.05, 0.1) is 0 Å². The molecule has 1 aliphatic rings. The molecule has 1 aliphatic heterocycles. The molecule has 1 heterocycles. The number of nitrogens with one attached hydrogen (secondary N) is 2. The van der Waals surface area contributed by atoms with E-state index < -0.39 is 0 Å². The van der Waals surface area contributed by atoms with E-state index in [-0.39, 0.29) is 11.5 Å². The lowest BCUT2D eigenvalue weighted by Gasteiger charge is -2.28. The van der Waals surface area contributed by atoms with Crippen molar-refractivity contribution in [1.29, 1.82) is 0 Å². The van der Waals surface area contributed by atoms with Crippen molar-refractivity contribution in [2.75, 3.05) is 18.4 Å². The van der Waals surface area contributed by atoms with Crippen LogP contribution in [0.1, 0.15) is 47.0 Å². The van der Waals surface area contributed by atoms with Crippen molar-refractivity contribution in [2.24, 2.45) is 11.8 Å². The van der Waals surface area contributed by atoms with Crippen LogP contribution in [0.3, 0.4) is 0 Å². The monoisotopic (exact) mass is 318 g/mol. The van der Waals surface area contributed by atoms with E-state index in [9.17, 15) is 4.79 Å². The number of ether oxygens (including phenoxy) is 1. The minimum atomic E-state index is -0.214. The van der Waals surface area contributed by atoms with Gasteiger partial charge in [-0.25, -0.2) is 0 Å². The fraction of sp³-hybridized carbons (Fsp3) is 0.632. The van der Waals surface area contributed by atoms with Gasteiger partial charge in [0.25, 0.3) is 0 Å². The topological polar surface area (TPSA) is 50.4 Å². The van der Waals surface area contributed by atoms with Gasteiger partial charge in [0.1, 0.15) is 11.4 Å². The summed E-state index contributed by atoms with van der Waals surface area (Å²) in [4.78, 5) is 12.2. The Morgan fingerprint density at radius 3 is 2.61 bits per heavy atom. The van der Waals surface area contributed by atoms with Crippen LogP contribution < -0.4 is 15.4 Å². The highest BCUT2D eigenvalue weighted by Gasteiger charge is 2.22. The Hall–Kier alpha value is -1.55. The van der Waals surface area contributed by atoms with Crippen LogP contribution >= 0.6 is 0 Å². The summed E-state index contributed by atoms with van der Waals surface area (Å²) in [5.74, 6) is 1.92. The Kier molecular flexibility index (Phi) is 6.05. The van der Waals surface area contributed by atoms with E-state index in [0.29, 0.717) is 18.3 Å². The van der Waals surface area contributed by atoms with Crippen LogP contribution in [-0.2, 0) is 4.79 Å². The smallest absolute Gasteiger partial charge is 0.224 e. The van der Waals surface area contributed by atoms with Crippen LogP contribution in [-0.4, -0.2) is 24.6 Å². The van der Waals surface area contributed by atoms with Crippen molar-refractivity contribution < 1.29 is 9.53 Å². The highest BCUT2D eigenvalue weighted by Crippen LogP contribution is 2.24. The van der Waals surface area contributed by atoms with Crippen molar-refractivity contribution in [3.05, 3.63) is 24.3 Å². The highest BCUT2D eigenvalue weighted by molar-refractivity contribution is 5.90. The third-order valence-corrected chi connectivity index (χ3v) is 4.21. The zero-order valence-electron chi connectivity index (χ0n) is 14.8. The average molecular weight is 318 g/mol. The molecule has 1 aromatic rings. The average Bonchev–Trinajstić information content (AvgIpc) is 2.48. The molecule has 23 heavy (non-hydrogen) atoms. The number of benzene rings is 1. The Morgan fingerprint density at radius 1 is 1.35 bits per heavy atom. The zero-order chi connectivity index (χ0) is 16.9. The first kappa shape index (κ1) is 17.8. The van der Waals surface area contributed by atoms with Crippen LogP contribution in [0.4, 0.5) is 5.69 Å². The molecule has 1 aromatic carbocycles. The molecule has 2 atom stereocenters. The number of piperidine rings is 1. The molecule has 128 valence electrons. The quantitative estimate of drug-likeness (QED) is 0.867. The standard InChI is InChI=1S/C19H30N2O2/c1-14(15-6-5-11-20-13-15)12-18(22)21-16-7-9-17(10-8-16)23-19(2,3)4/h7-10,14-15,20H,5-6,11-13H2,1-4H3,(H,21,22). The number of carbonyl (C=O) groups excluding carboxylic acids is 1. The van der Waals surface area contributed by atoms with Crippen molar-refractivity contribution in [3.8, 4) is 5.75 Å². The first-order valence-corrected chi connectivity index (χ1v) is 8.63. The first-order valence-electron chi connectivity index (χ1n) is 8.63. The largest absolute Gasteiger partial charge is 0.488 e. The molecular weight excluding hydrogens is 288 g/mol. The van der Waals surface area contributed by atoms with Gasteiger partial charge in [0, 0.05) is 12.1 Å². The molecule has 2 N–H and O–H groups in total. The number of amides is 1. The summed E-state index contributed by atoms with van der Waals surface area (Å²) in [7, 11) is 0. The Morgan fingerprint density at radius 2 is 2.04 bits per heavy atom. The van der Waals surface area contributed by atoms with Crippen LogP contribution in [0.25, 0.3) is 0 Å². The van der Waals surface area contributed by atoms with Crippen molar-refractivity contribution in [1.82, 2.24) is 5.32 Å². The molecule has 1 amide bonds. The van der Waals surface area contributed by atoms with E-state index in [0.717, 1.165) is 24.5 Å². The molecule has 0 bridgehead atoms. The molecule has 2 rings (SSSR count). The lowest BCUT2D eigenvalue weighted by Crippen LogP contribution is -2.34. The summed E-state index contributed by atoms with van der Waals surface area (Å²) in [6, 6.07) is 7.59. The molecular formula is C19H30N2O2.